The maximum absolute atomic E-state index is 5.00. The highest BCUT2D eigenvalue weighted by Gasteiger charge is 2.19. The van der Waals surface area contributed by atoms with Gasteiger partial charge in [0.15, 0.2) is 17.5 Å². The van der Waals surface area contributed by atoms with E-state index in [1.807, 2.05) is 60.7 Å². The molecule has 62 heavy (non-hydrogen) atoms. The largest absolute Gasteiger partial charge is 0.309 e. The second-order valence-corrected chi connectivity index (χ2v) is 16.1. The van der Waals surface area contributed by atoms with Crippen molar-refractivity contribution in [3.8, 4) is 45.5 Å². The molecule has 0 spiro atoms. The average Bonchev–Trinajstić information content (AvgIpc) is 3.84. The molecule has 0 bridgehead atoms. The lowest BCUT2D eigenvalue weighted by molar-refractivity contribution is 1.07. The van der Waals surface area contributed by atoms with E-state index in [0.717, 1.165) is 38.8 Å². The Balaban J connectivity index is 0.985. The summed E-state index contributed by atoms with van der Waals surface area (Å²) in [6, 6.07) is 76.0. The highest BCUT2D eigenvalue weighted by Crippen LogP contribution is 2.41. The molecule has 0 amide bonds. The number of benzene rings is 10. The predicted octanol–water partition coefficient (Wildman–Crippen LogP) is 14.5. The molecular weight excluding hydrogens is 755 g/mol. The van der Waals surface area contributed by atoms with Crippen LogP contribution in [0.5, 0.6) is 0 Å². The van der Waals surface area contributed by atoms with Crippen LogP contribution in [0.2, 0.25) is 0 Å². The molecule has 3 heterocycles. The first-order chi connectivity index (χ1) is 30.7. The van der Waals surface area contributed by atoms with Crippen molar-refractivity contribution in [3.05, 3.63) is 212 Å². The van der Waals surface area contributed by atoms with Gasteiger partial charge in [-0.15, -0.1) is 0 Å². The Morgan fingerprint density at radius 2 is 0.758 bits per heavy atom. The smallest absolute Gasteiger partial charge is 0.164 e. The minimum Gasteiger partial charge on any atom is -0.309 e. The average molecular weight is 790 g/mol. The van der Waals surface area contributed by atoms with Gasteiger partial charge in [0.05, 0.1) is 27.8 Å². The summed E-state index contributed by atoms with van der Waals surface area (Å²) in [6.45, 7) is 0. The third kappa shape index (κ3) is 5.38. The van der Waals surface area contributed by atoms with Crippen LogP contribution in [0.15, 0.2) is 212 Å². The Morgan fingerprint density at radius 1 is 0.258 bits per heavy atom. The predicted molar refractivity (Wildman–Crippen MR) is 257 cm³/mol. The molecule has 0 fully saturated rings. The van der Waals surface area contributed by atoms with Gasteiger partial charge in [-0.05, 0) is 87.6 Å². The minimum atomic E-state index is 0.644. The van der Waals surface area contributed by atoms with Crippen molar-refractivity contribution in [2.24, 2.45) is 0 Å². The molecule has 0 saturated carbocycles. The van der Waals surface area contributed by atoms with Crippen LogP contribution in [0.3, 0.4) is 0 Å². The summed E-state index contributed by atoms with van der Waals surface area (Å²) in [5.74, 6) is 1.95. The summed E-state index contributed by atoms with van der Waals surface area (Å²) in [4.78, 5) is 14.9. The molecule has 0 aliphatic rings. The second-order valence-electron chi connectivity index (χ2n) is 16.1. The molecular formula is C57H35N5. The van der Waals surface area contributed by atoms with Gasteiger partial charge >= 0.3 is 0 Å². The summed E-state index contributed by atoms with van der Waals surface area (Å²) >= 11 is 0. The molecule has 0 unspecified atom stereocenters. The highest BCUT2D eigenvalue weighted by molar-refractivity contribution is 6.17. The van der Waals surface area contributed by atoms with Crippen molar-refractivity contribution >= 4 is 75.9 Å². The Morgan fingerprint density at radius 3 is 1.45 bits per heavy atom. The molecule has 0 atom stereocenters. The van der Waals surface area contributed by atoms with E-state index < -0.39 is 0 Å². The van der Waals surface area contributed by atoms with Gasteiger partial charge in [0.25, 0.3) is 0 Å². The van der Waals surface area contributed by atoms with E-state index in [2.05, 4.69) is 161 Å². The Bertz CT molecular complexity index is 3860. The van der Waals surface area contributed by atoms with E-state index >= 15 is 0 Å². The van der Waals surface area contributed by atoms with Gasteiger partial charge in [-0.2, -0.15) is 0 Å². The van der Waals surface area contributed by atoms with E-state index in [1.165, 1.54) is 65.2 Å². The molecule has 5 nitrogen and oxygen atoms in total. The third-order valence-electron chi connectivity index (χ3n) is 12.5. The second kappa shape index (κ2) is 13.6. The molecule has 10 aromatic carbocycles. The van der Waals surface area contributed by atoms with Crippen molar-refractivity contribution in [2.45, 2.75) is 0 Å². The van der Waals surface area contributed by atoms with Crippen molar-refractivity contribution in [1.29, 1.82) is 0 Å². The number of rotatable bonds is 5. The maximum atomic E-state index is 5.00. The Labute approximate surface area is 356 Å². The molecule has 0 saturated heterocycles. The molecule has 5 heteroatoms. The zero-order valence-electron chi connectivity index (χ0n) is 33.4. The molecule has 0 N–H and O–H groups in total. The first kappa shape index (κ1) is 34.5. The molecule has 0 aliphatic heterocycles. The number of aromatic nitrogens is 5. The van der Waals surface area contributed by atoms with Gasteiger partial charge in [-0.3, -0.25) is 0 Å². The Hall–Kier alpha value is -8.41. The van der Waals surface area contributed by atoms with E-state index in [-0.39, 0.29) is 0 Å². The van der Waals surface area contributed by atoms with Gasteiger partial charge in [0, 0.05) is 49.3 Å². The van der Waals surface area contributed by atoms with Crippen LogP contribution in [-0.2, 0) is 0 Å². The molecule has 13 rings (SSSR count). The van der Waals surface area contributed by atoms with Gasteiger partial charge in [0.2, 0.25) is 0 Å². The first-order valence-electron chi connectivity index (χ1n) is 21.0. The third-order valence-corrected chi connectivity index (χ3v) is 12.5. The van der Waals surface area contributed by atoms with Crippen molar-refractivity contribution < 1.29 is 0 Å². The van der Waals surface area contributed by atoms with Crippen LogP contribution in [-0.4, -0.2) is 24.1 Å². The summed E-state index contributed by atoms with van der Waals surface area (Å²) in [5, 5.41) is 12.1. The van der Waals surface area contributed by atoms with Crippen molar-refractivity contribution in [1.82, 2.24) is 24.1 Å². The number of hydrogen-bond donors (Lipinski definition) is 0. The first-order valence-corrected chi connectivity index (χ1v) is 21.0. The number of nitrogens with zero attached hydrogens (tertiary/aromatic N) is 5. The summed E-state index contributed by atoms with van der Waals surface area (Å²) in [6.07, 6.45) is 0. The van der Waals surface area contributed by atoms with Gasteiger partial charge in [-0.1, -0.05) is 152 Å². The SMILES string of the molecule is c1ccc(-c2nc(-c3ccccc3)nc(-c3ccc4cc(-n5c6ccccc6c6cc7cccc(-n8c9ccccc9c9cc%10ccccc%10cc98)c7cc65)ccc4c3)n2)cc1. The van der Waals surface area contributed by atoms with Crippen LogP contribution in [0.4, 0.5) is 0 Å². The lowest BCUT2D eigenvalue weighted by Gasteiger charge is -2.14. The number of para-hydroxylation sites is 2. The molecule has 288 valence electrons. The lowest BCUT2D eigenvalue weighted by Crippen LogP contribution is -2.00. The van der Waals surface area contributed by atoms with Crippen LogP contribution < -0.4 is 0 Å². The number of fused-ring (bicyclic) bond motifs is 9. The lowest BCUT2D eigenvalue weighted by atomic mass is 10.0. The fourth-order valence-electron chi connectivity index (χ4n) is 9.56. The summed E-state index contributed by atoms with van der Waals surface area (Å²) in [5.41, 5.74) is 9.86. The van der Waals surface area contributed by atoms with Crippen molar-refractivity contribution in [2.75, 3.05) is 0 Å². The van der Waals surface area contributed by atoms with Crippen LogP contribution in [0, 0.1) is 0 Å². The summed E-state index contributed by atoms with van der Waals surface area (Å²) < 4.78 is 4.89. The molecule has 0 aliphatic carbocycles. The van der Waals surface area contributed by atoms with Crippen molar-refractivity contribution in [3.63, 3.8) is 0 Å². The molecule has 13 aromatic rings. The van der Waals surface area contributed by atoms with Crippen LogP contribution in [0.25, 0.3) is 121 Å². The zero-order chi connectivity index (χ0) is 40.7. The fourth-order valence-corrected chi connectivity index (χ4v) is 9.56. The maximum Gasteiger partial charge on any atom is 0.164 e. The zero-order valence-corrected chi connectivity index (χ0v) is 33.4. The van der Waals surface area contributed by atoms with E-state index in [1.54, 1.807) is 0 Å². The van der Waals surface area contributed by atoms with Gasteiger partial charge in [-0.25, -0.2) is 15.0 Å². The minimum absolute atomic E-state index is 0.644. The van der Waals surface area contributed by atoms with Gasteiger partial charge in [0.1, 0.15) is 0 Å². The normalized spacial score (nSPS) is 11.9. The molecule has 3 aromatic heterocycles. The summed E-state index contributed by atoms with van der Waals surface area (Å²) in [7, 11) is 0. The topological polar surface area (TPSA) is 48.5 Å². The fraction of sp³-hybridized carbons (Fsp3) is 0. The Kier molecular flexibility index (Phi) is 7.54. The van der Waals surface area contributed by atoms with Gasteiger partial charge < -0.3 is 9.13 Å². The highest BCUT2D eigenvalue weighted by atomic mass is 15.0. The van der Waals surface area contributed by atoms with E-state index in [4.69, 9.17) is 15.0 Å². The van der Waals surface area contributed by atoms with Crippen LogP contribution >= 0.6 is 0 Å². The van der Waals surface area contributed by atoms with Crippen LogP contribution in [0.1, 0.15) is 0 Å². The monoisotopic (exact) mass is 789 g/mol. The molecule has 0 radical (unpaired) electrons. The standard InChI is InChI=1S/C57H35N5/c1-3-14-36(15-4-1)55-58-56(37-16-5-2-6-17-37)60-57(59-55)43-27-26-41-31-44(29-28-40(41)30-43)61-50-23-11-9-21-45(50)49-33-42-20-13-25-52(47(42)35-54(49)61)62-51-24-12-10-22-46(51)48-32-38-18-7-8-19-39(38)34-53(48)62/h1-35H. The number of hydrogen-bond acceptors (Lipinski definition) is 3. The quantitative estimate of drug-likeness (QED) is 0.174. The van der Waals surface area contributed by atoms with E-state index in [0.29, 0.717) is 17.5 Å². The van der Waals surface area contributed by atoms with E-state index in [9.17, 15) is 0 Å².